The maximum Gasteiger partial charge on any atom is 0.316 e. The van der Waals surface area contributed by atoms with Crippen molar-refractivity contribution in [3.8, 4) is 11.8 Å². The molecule has 132 valence electrons. The second kappa shape index (κ2) is 8.46. The van der Waals surface area contributed by atoms with Crippen LogP contribution in [0.15, 0.2) is 48.8 Å². The van der Waals surface area contributed by atoms with E-state index in [0.29, 0.717) is 11.8 Å². The molecule has 6 heteroatoms. The maximum absolute atomic E-state index is 12.3. The highest BCUT2D eigenvalue weighted by Gasteiger charge is 2.26. The molecule has 1 N–H and O–H groups in total. The van der Waals surface area contributed by atoms with Crippen LogP contribution in [0.25, 0.3) is 0 Å². The molecule has 0 spiro atoms. The van der Waals surface area contributed by atoms with E-state index in [9.17, 15) is 4.79 Å². The normalized spacial score (nSPS) is 21.2. The molecule has 1 aromatic carbocycles. The minimum absolute atomic E-state index is 0.0837. The van der Waals surface area contributed by atoms with Crippen molar-refractivity contribution in [3.05, 3.63) is 48.8 Å². The molecule has 0 radical (unpaired) electrons. The molecule has 2 aromatic rings. The number of nitrogens with zero attached hydrogens (tertiary/aromatic N) is 2. The Morgan fingerprint density at radius 3 is 2.44 bits per heavy atom. The van der Waals surface area contributed by atoms with Crippen LogP contribution in [0.3, 0.4) is 0 Å². The minimum Gasteiger partial charge on any atom is -0.481 e. The summed E-state index contributed by atoms with van der Waals surface area (Å²) < 4.78 is 11.4. The number of nitrogens with one attached hydrogen (secondary N) is 1. The fourth-order valence-electron chi connectivity index (χ4n) is 2.90. The number of rotatable bonds is 6. The van der Waals surface area contributed by atoms with Gasteiger partial charge in [0.1, 0.15) is 11.9 Å². The lowest BCUT2D eigenvalue weighted by atomic mass is 9.93. The number of ether oxygens (including phenoxy) is 2. The maximum atomic E-state index is 12.3. The van der Waals surface area contributed by atoms with Gasteiger partial charge in [0.05, 0.1) is 0 Å². The summed E-state index contributed by atoms with van der Waals surface area (Å²) in [5, 5.41) is 3.07. The van der Waals surface area contributed by atoms with E-state index in [1.54, 1.807) is 25.4 Å². The number of hydrogen-bond acceptors (Lipinski definition) is 5. The lowest BCUT2D eigenvalue weighted by molar-refractivity contribution is -0.128. The molecule has 1 atom stereocenters. The van der Waals surface area contributed by atoms with Crippen molar-refractivity contribution in [1.29, 1.82) is 0 Å². The quantitative estimate of drug-likeness (QED) is 0.874. The summed E-state index contributed by atoms with van der Waals surface area (Å²) in [6.07, 6.45) is 6.42. The van der Waals surface area contributed by atoms with Gasteiger partial charge in [-0.25, -0.2) is 9.97 Å². The van der Waals surface area contributed by atoms with E-state index in [2.05, 4.69) is 15.3 Å². The van der Waals surface area contributed by atoms with Gasteiger partial charge in [0.25, 0.3) is 5.91 Å². The van der Waals surface area contributed by atoms with Gasteiger partial charge in [0.2, 0.25) is 0 Å². The highest BCUT2D eigenvalue weighted by atomic mass is 16.5. The number of para-hydroxylation sites is 1. The molecule has 1 amide bonds. The number of carbonyl (C=O) groups is 1. The Labute approximate surface area is 147 Å². The number of amides is 1. The van der Waals surface area contributed by atoms with Crippen molar-refractivity contribution >= 4 is 5.91 Å². The van der Waals surface area contributed by atoms with Crippen LogP contribution < -0.4 is 14.8 Å². The van der Waals surface area contributed by atoms with Gasteiger partial charge < -0.3 is 14.8 Å². The van der Waals surface area contributed by atoms with Crippen molar-refractivity contribution in [2.75, 3.05) is 0 Å². The summed E-state index contributed by atoms with van der Waals surface area (Å²) in [7, 11) is 0. The topological polar surface area (TPSA) is 73.3 Å². The van der Waals surface area contributed by atoms with E-state index in [0.717, 1.165) is 25.7 Å². The first-order valence-electron chi connectivity index (χ1n) is 8.66. The van der Waals surface area contributed by atoms with Crippen molar-refractivity contribution in [2.45, 2.75) is 50.9 Å². The van der Waals surface area contributed by atoms with Gasteiger partial charge >= 0.3 is 6.01 Å². The van der Waals surface area contributed by atoms with Gasteiger partial charge in [-0.2, -0.15) is 0 Å². The van der Waals surface area contributed by atoms with E-state index >= 15 is 0 Å². The monoisotopic (exact) mass is 341 g/mol. The molecule has 3 rings (SSSR count). The molecule has 1 aliphatic rings. The van der Waals surface area contributed by atoms with Gasteiger partial charge in [-0.05, 0) is 50.8 Å². The van der Waals surface area contributed by atoms with Crippen molar-refractivity contribution in [3.63, 3.8) is 0 Å². The Morgan fingerprint density at radius 1 is 1.08 bits per heavy atom. The van der Waals surface area contributed by atoms with E-state index in [1.807, 2.05) is 30.3 Å². The second-order valence-electron chi connectivity index (χ2n) is 6.20. The van der Waals surface area contributed by atoms with Gasteiger partial charge in [-0.3, -0.25) is 4.79 Å². The van der Waals surface area contributed by atoms with Crippen molar-refractivity contribution in [1.82, 2.24) is 15.3 Å². The molecule has 6 nitrogen and oxygen atoms in total. The lowest BCUT2D eigenvalue weighted by Crippen LogP contribution is -2.45. The zero-order chi connectivity index (χ0) is 17.5. The molecule has 1 aromatic heterocycles. The summed E-state index contributed by atoms with van der Waals surface area (Å²) in [5.41, 5.74) is 0. The van der Waals surface area contributed by atoms with Crippen LogP contribution in [0.2, 0.25) is 0 Å². The summed E-state index contributed by atoms with van der Waals surface area (Å²) in [4.78, 5) is 20.5. The SMILES string of the molecule is C[C@@H](Oc1ccccc1)C(=O)NC1CCC(Oc2ncccn2)CC1. The molecule has 1 saturated carbocycles. The Balaban J connectivity index is 1.41. The van der Waals surface area contributed by atoms with Crippen LogP contribution in [-0.4, -0.2) is 34.1 Å². The van der Waals surface area contributed by atoms with Crippen molar-refractivity contribution in [2.24, 2.45) is 0 Å². The van der Waals surface area contributed by atoms with E-state index in [4.69, 9.17) is 9.47 Å². The first-order valence-corrected chi connectivity index (χ1v) is 8.66. The zero-order valence-electron chi connectivity index (χ0n) is 14.3. The molecule has 0 saturated heterocycles. The number of aromatic nitrogens is 2. The number of hydrogen-bond donors (Lipinski definition) is 1. The third-order valence-corrected chi connectivity index (χ3v) is 4.26. The van der Waals surface area contributed by atoms with Crippen LogP contribution in [-0.2, 0) is 4.79 Å². The smallest absolute Gasteiger partial charge is 0.316 e. The predicted molar refractivity (Wildman–Crippen MR) is 93.4 cm³/mol. The van der Waals surface area contributed by atoms with Crippen LogP contribution in [0, 0.1) is 0 Å². The molecule has 1 fully saturated rings. The Hall–Kier alpha value is -2.63. The number of carbonyl (C=O) groups excluding carboxylic acids is 1. The molecular weight excluding hydrogens is 318 g/mol. The van der Waals surface area contributed by atoms with Crippen LogP contribution in [0.1, 0.15) is 32.6 Å². The summed E-state index contributed by atoms with van der Waals surface area (Å²) in [5.74, 6) is 0.615. The summed E-state index contributed by atoms with van der Waals surface area (Å²) in [6, 6.07) is 11.7. The predicted octanol–water partition coefficient (Wildman–Crippen LogP) is 2.75. The molecule has 0 unspecified atom stereocenters. The second-order valence-corrected chi connectivity index (χ2v) is 6.20. The zero-order valence-corrected chi connectivity index (χ0v) is 14.3. The van der Waals surface area contributed by atoms with E-state index in [1.165, 1.54) is 0 Å². The molecule has 1 heterocycles. The molecular formula is C19H23N3O3. The highest BCUT2D eigenvalue weighted by Crippen LogP contribution is 2.22. The molecule has 0 bridgehead atoms. The van der Waals surface area contributed by atoms with Gasteiger partial charge in [0, 0.05) is 18.4 Å². The molecule has 0 aliphatic heterocycles. The van der Waals surface area contributed by atoms with Gasteiger partial charge in [-0.15, -0.1) is 0 Å². The van der Waals surface area contributed by atoms with Gasteiger partial charge in [-0.1, -0.05) is 18.2 Å². The van der Waals surface area contributed by atoms with E-state index < -0.39 is 6.10 Å². The first-order chi connectivity index (χ1) is 12.2. The third kappa shape index (κ3) is 5.17. The largest absolute Gasteiger partial charge is 0.481 e. The lowest BCUT2D eigenvalue weighted by Gasteiger charge is -2.29. The minimum atomic E-state index is -0.519. The standard InChI is InChI=1S/C19H23N3O3/c1-14(24-16-6-3-2-4-7-16)18(23)22-15-8-10-17(11-9-15)25-19-20-12-5-13-21-19/h2-7,12-15,17H,8-11H2,1H3,(H,22,23)/t14-,15?,17?/m1/s1. The van der Waals surface area contributed by atoms with Gasteiger partial charge in [0.15, 0.2) is 6.10 Å². The fraction of sp³-hybridized carbons (Fsp3) is 0.421. The Kier molecular flexibility index (Phi) is 5.82. The average Bonchev–Trinajstić information content (AvgIpc) is 2.65. The summed E-state index contributed by atoms with van der Waals surface area (Å²) in [6.45, 7) is 1.77. The van der Waals surface area contributed by atoms with Crippen LogP contribution in [0.4, 0.5) is 0 Å². The van der Waals surface area contributed by atoms with E-state index in [-0.39, 0.29) is 18.1 Å². The average molecular weight is 341 g/mol. The van der Waals surface area contributed by atoms with Crippen molar-refractivity contribution < 1.29 is 14.3 Å². The van der Waals surface area contributed by atoms with Crippen LogP contribution in [0.5, 0.6) is 11.8 Å². The number of benzene rings is 1. The third-order valence-electron chi connectivity index (χ3n) is 4.26. The van der Waals surface area contributed by atoms with Crippen LogP contribution >= 0.6 is 0 Å². The fourth-order valence-corrected chi connectivity index (χ4v) is 2.90. The highest BCUT2D eigenvalue weighted by molar-refractivity contribution is 5.81. The summed E-state index contributed by atoms with van der Waals surface area (Å²) >= 11 is 0. The Bertz CT molecular complexity index is 658. The molecule has 1 aliphatic carbocycles. The first kappa shape index (κ1) is 17.2. The molecule has 25 heavy (non-hydrogen) atoms. The Morgan fingerprint density at radius 2 is 1.76 bits per heavy atom.